The fourth-order valence-corrected chi connectivity index (χ4v) is 4.86. The highest BCUT2D eigenvalue weighted by atomic mass is 32.1. The molecule has 0 spiro atoms. The Kier molecular flexibility index (Phi) is 8.50. The van der Waals surface area contributed by atoms with E-state index in [9.17, 15) is 14.0 Å². The Hall–Kier alpha value is -3.23. The summed E-state index contributed by atoms with van der Waals surface area (Å²) in [4.78, 5) is 31.5. The van der Waals surface area contributed by atoms with Crippen LogP contribution in [-0.2, 0) is 22.6 Å². The molecule has 1 unspecified atom stereocenters. The molecular formula is C27H29FN2O4S. The van der Waals surface area contributed by atoms with E-state index < -0.39 is 0 Å². The van der Waals surface area contributed by atoms with Gasteiger partial charge in [0.25, 0.3) is 5.91 Å². The zero-order valence-electron chi connectivity index (χ0n) is 19.7. The molecule has 1 aromatic heterocycles. The van der Waals surface area contributed by atoms with Gasteiger partial charge >= 0.3 is 0 Å². The first-order chi connectivity index (χ1) is 17.0. The van der Waals surface area contributed by atoms with Crippen LogP contribution < -0.4 is 4.74 Å². The van der Waals surface area contributed by atoms with Gasteiger partial charge in [-0.3, -0.25) is 9.59 Å². The van der Waals surface area contributed by atoms with Crippen LogP contribution in [0.5, 0.6) is 5.75 Å². The van der Waals surface area contributed by atoms with Crippen molar-refractivity contribution in [2.45, 2.75) is 32.0 Å². The smallest absolute Gasteiger partial charge is 0.258 e. The Morgan fingerprint density at radius 2 is 1.86 bits per heavy atom. The van der Waals surface area contributed by atoms with Crippen LogP contribution >= 0.6 is 11.3 Å². The van der Waals surface area contributed by atoms with E-state index in [-0.39, 0.29) is 30.3 Å². The summed E-state index contributed by atoms with van der Waals surface area (Å²) in [7, 11) is 1.52. The third kappa shape index (κ3) is 6.68. The molecule has 1 saturated heterocycles. The van der Waals surface area contributed by atoms with Crippen molar-refractivity contribution in [3.8, 4) is 5.75 Å². The number of carbonyl (C=O) groups excluding carboxylic acids is 2. The summed E-state index contributed by atoms with van der Waals surface area (Å²) in [6, 6.07) is 17.1. The zero-order valence-corrected chi connectivity index (χ0v) is 20.5. The molecule has 0 saturated carbocycles. The second-order valence-corrected chi connectivity index (χ2v) is 9.51. The minimum absolute atomic E-state index is 0.0939. The van der Waals surface area contributed by atoms with E-state index >= 15 is 0 Å². The lowest BCUT2D eigenvalue weighted by molar-refractivity contribution is -0.133. The highest BCUT2D eigenvalue weighted by Gasteiger charge is 2.28. The lowest BCUT2D eigenvalue weighted by Gasteiger charge is -2.29. The van der Waals surface area contributed by atoms with Crippen molar-refractivity contribution < 1.29 is 23.5 Å². The van der Waals surface area contributed by atoms with Crippen LogP contribution in [0, 0.1) is 5.82 Å². The van der Waals surface area contributed by atoms with E-state index in [2.05, 4.69) is 0 Å². The quantitative estimate of drug-likeness (QED) is 0.407. The number of para-hydroxylation sites is 1. The van der Waals surface area contributed by atoms with E-state index in [0.29, 0.717) is 37.6 Å². The van der Waals surface area contributed by atoms with Gasteiger partial charge in [-0.2, -0.15) is 0 Å². The van der Waals surface area contributed by atoms with Gasteiger partial charge in [0.1, 0.15) is 18.1 Å². The number of thiophene rings is 1. The average molecular weight is 497 g/mol. The predicted molar refractivity (Wildman–Crippen MR) is 133 cm³/mol. The summed E-state index contributed by atoms with van der Waals surface area (Å²) >= 11 is 1.56. The minimum atomic E-state index is -0.324. The van der Waals surface area contributed by atoms with Crippen molar-refractivity contribution >= 4 is 23.2 Å². The molecule has 3 aromatic rings. The Bertz CT molecular complexity index is 1110. The number of hydrogen-bond acceptors (Lipinski definition) is 5. The van der Waals surface area contributed by atoms with Crippen LogP contribution in [-0.4, -0.2) is 54.5 Å². The van der Waals surface area contributed by atoms with Crippen LogP contribution in [0.1, 0.15) is 33.6 Å². The van der Waals surface area contributed by atoms with Gasteiger partial charge in [0, 0.05) is 24.6 Å². The lowest BCUT2D eigenvalue weighted by atomic mass is 10.1. The van der Waals surface area contributed by atoms with Crippen molar-refractivity contribution in [1.29, 1.82) is 0 Å². The van der Waals surface area contributed by atoms with Crippen molar-refractivity contribution in [3.05, 3.63) is 87.9 Å². The largest absolute Gasteiger partial charge is 0.496 e. The summed E-state index contributed by atoms with van der Waals surface area (Å²) < 4.78 is 24.6. The number of hydrogen-bond donors (Lipinski definition) is 0. The topological polar surface area (TPSA) is 59.1 Å². The molecule has 2 amide bonds. The minimum Gasteiger partial charge on any atom is -0.496 e. The summed E-state index contributed by atoms with van der Waals surface area (Å²) in [6.45, 7) is 1.61. The Labute approximate surface area is 208 Å². The number of ether oxygens (including phenoxy) is 2. The molecule has 0 bridgehead atoms. The van der Waals surface area contributed by atoms with E-state index in [0.717, 1.165) is 23.3 Å². The fourth-order valence-electron chi connectivity index (χ4n) is 4.14. The van der Waals surface area contributed by atoms with Crippen LogP contribution in [0.2, 0.25) is 0 Å². The van der Waals surface area contributed by atoms with E-state index in [1.807, 2.05) is 17.5 Å². The number of benzene rings is 2. The number of rotatable bonds is 10. The number of carbonyl (C=O) groups is 2. The summed E-state index contributed by atoms with van der Waals surface area (Å²) in [5, 5.41) is 1.96. The molecule has 6 nitrogen and oxygen atoms in total. The van der Waals surface area contributed by atoms with Crippen molar-refractivity contribution in [1.82, 2.24) is 9.80 Å². The van der Waals surface area contributed by atoms with E-state index in [1.54, 1.807) is 57.5 Å². The lowest BCUT2D eigenvalue weighted by Crippen LogP contribution is -2.45. The molecule has 184 valence electrons. The van der Waals surface area contributed by atoms with Gasteiger partial charge in [0.05, 0.1) is 25.3 Å². The Morgan fingerprint density at radius 1 is 1.06 bits per heavy atom. The van der Waals surface area contributed by atoms with E-state index in [4.69, 9.17) is 9.47 Å². The number of methoxy groups -OCH3 is 1. The third-order valence-corrected chi connectivity index (χ3v) is 6.83. The molecule has 4 rings (SSSR count). The first-order valence-electron chi connectivity index (χ1n) is 11.6. The van der Waals surface area contributed by atoms with E-state index in [1.165, 1.54) is 19.2 Å². The van der Waals surface area contributed by atoms with Gasteiger partial charge in [-0.15, -0.1) is 11.3 Å². The Balaban J connectivity index is 1.57. The van der Waals surface area contributed by atoms with Crippen LogP contribution in [0.15, 0.2) is 66.0 Å². The van der Waals surface area contributed by atoms with Gasteiger partial charge in [0.2, 0.25) is 5.91 Å². The van der Waals surface area contributed by atoms with Crippen LogP contribution in [0.4, 0.5) is 4.39 Å². The molecule has 0 aliphatic carbocycles. The maximum absolute atomic E-state index is 13.6. The number of nitrogens with zero attached hydrogens (tertiary/aromatic N) is 2. The molecule has 1 aliphatic rings. The molecule has 0 radical (unpaired) electrons. The molecular weight excluding hydrogens is 467 g/mol. The van der Waals surface area contributed by atoms with Gasteiger partial charge in [-0.25, -0.2) is 4.39 Å². The zero-order chi connectivity index (χ0) is 24.6. The van der Waals surface area contributed by atoms with Gasteiger partial charge in [0.15, 0.2) is 0 Å². The summed E-state index contributed by atoms with van der Waals surface area (Å²) in [6.07, 6.45) is 1.67. The normalized spacial score (nSPS) is 15.1. The second-order valence-electron chi connectivity index (χ2n) is 8.48. The molecule has 1 aliphatic heterocycles. The summed E-state index contributed by atoms with van der Waals surface area (Å²) in [5.74, 6) is -0.327. The van der Waals surface area contributed by atoms with Crippen molar-refractivity contribution in [3.63, 3.8) is 0 Å². The highest BCUT2D eigenvalue weighted by molar-refractivity contribution is 7.09. The van der Waals surface area contributed by atoms with Crippen molar-refractivity contribution in [2.24, 2.45) is 0 Å². The predicted octanol–water partition coefficient (Wildman–Crippen LogP) is 4.75. The van der Waals surface area contributed by atoms with Gasteiger partial charge in [-0.1, -0.05) is 30.3 Å². The van der Waals surface area contributed by atoms with Gasteiger partial charge in [-0.05, 0) is 54.1 Å². The van der Waals surface area contributed by atoms with Gasteiger partial charge < -0.3 is 19.3 Å². The van der Waals surface area contributed by atoms with Crippen molar-refractivity contribution in [2.75, 3.05) is 26.8 Å². The SMILES string of the molecule is COc1ccccc1C(=O)N(CC(=O)N(Cc1ccc(F)cc1)Cc1cccs1)CC1CCCO1. The fraction of sp³-hybridized carbons (Fsp3) is 0.333. The molecule has 2 heterocycles. The average Bonchev–Trinajstić information content (AvgIpc) is 3.58. The van der Waals surface area contributed by atoms with Crippen LogP contribution in [0.3, 0.4) is 0 Å². The molecule has 1 atom stereocenters. The number of halogens is 1. The highest BCUT2D eigenvalue weighted by Crippen LogP contribution is 2.22. The standard InChI is InChI=1S/C27H29FN2O4S/c1-33-25-9-3-2-8-24(25)27(32)30(17-22-6-4-14-34-22)19-26(31)29(18-23-7-5-15-35-23)16-20-10-12-21(28)13-11-20/h2-3,5,7-13,15,22H,4,6,14,16-19H2,1H3. The third-order valence-electron chi connectivity index (χ3n) is 5.96. The first-order valence-corrected chi connectivity index (χ1v) is 12.5. The molecule has 1 fully saturated rings. The molecule has 0 N–H and O–H groups in total. The maximum Gasteiger partial charge on any atom is 0.258 e. The Morgan fingerprint density at radius 3 is 2.54 bits per heavy atom. The monoisotopic (exact) mass is 496 g/mol. The summed E-state index contributed by atoms with van der Waals surface area (Å²) in [5.41, 5.74) is 1.22. The molecule has 35 heavy (non-hydrogen) atoms. The van der Waals surface area contributed by atoms with Crippen LogP contribution in [0.25, 0.3) is 0 Å². The molecule has 2 aromatic carbocycles. The second kappa shape index (κ2) is 12.0. The number of amides is 2. The molecule has 8 heteroatoms. The maximum atomic E-state index is 13.6. The first kappa shape index (κ1) is 24.9.